The fourth-order valence-corrected chi connectivity index (χ4v) is 2.79. The van der Waals surface area contributed by atoms with Gasteiger partial charge in [0.25, 0.3) is 0 Å². The van der Waals surface area contributed by atoms with Gasteiger partial charge in [0.15, 0.2) is 0 Å². The van der Waals surface area contributed by atoms with E-state index < -0.39 is 0 Å². The molecule has 0 atom stereocenters. The van der Waals surface area contributed by atoms with Crippen molar-refractivity contribution >= 4 is 5.57 Å². The molecular formula is C20H26FN. The quantitative estimate of drug-likeness (QED) is 0.751. The highest BCUT2D eigenvalue weighted by Crippen LogP contribution is 2.38. The van der Waals surface area contributed by atoms with Crippen LogP contribution in [-0.4, -0.2) is 19.0 Å². The molecule has 0 fully saturated rings. The van der Waals surface area contributed by atoms with E-state index >= 15 is 0 Å². The second kappa shape index (κ2) is 6.62. The highest BCUT2D eigenvalue weighted by Gasteiger charge is 2.22. The van der Waals surface area contributed by atoms with Crippen LogP contribution in [0.4, 0.5) is 4.39 Å². The first-order valence-corrected chi connectivity index (χ1v) is 7.78. The monoisotopic (exact) mass is 299 g/mol. The van der Waals surface area contributed by atoms with E-state index in [0.29, 0.717) is 5.92 Å². The molecule has 2 heteroatoms. The van der Waals surface area contributed by atoms with Gasteiger partial charge < -0.3 is 4.90 Å². The van der Waals surface area contributed by atoms with E-state index in [0.717, 1.165) is 17.7 Å². The Hall–Kier alpha value is -1.67. The zero-order valence-corrected chi connectivity index (χ0v) is 14.2. The number of nitrogens with zero attached hydrogens (tertiary/aromatic N) is 1. The largest absolute Gasteiger partial charge is 0.305 e. The predicted octanol–water partition coefficient (Wildman–Crippen LogP) is 5.06. The summed E-state index contributed by atoms with van der Waals surface area (Å²) in [4.78, 5) is 2.08. The van der Waals surface area contributed by atoms with E-state index in [2.05, 4.69) is 56.1 Å². The van der Waals surface area contributed by atoms with Gasteiger partial charge >= 0.3 is 0 Å². The van der Waals surface area contributed by atoms with Crippen molar-refractivity contribution in [2.45, 2.75) is 27.3 Å². The van der Waals surface area contributed by atoms with Crippen LogP contribution in [0.25, 0.3) is 5.57 Å². The van der Waals surface area contributed by atoms with Crippen LogP contribution < -0.4 is 0 Å². The minimum atomic E-state index is -0.172. The Kier molecular flexibility index (Phi) is 5.02. The third-order valence-corrected chi connectivity index (χ3v) is 3.79. The second-order valence-corrected chi connectivity index (χ2v) is 7.22. The highest BCUT2D eigenvalue weighted by atomic mass is 19.1. The number of halogens is 1. The normalized spacial score (nSPS) is 16.0. The lowest BCUT2D eigenvalue weighted by atomic mass is 9.78. The maximum Gasteiger partial charge on any atom is 0.123 e. The molecule has 0 amide bonds. The summed E-state index contributed by atoms with van der Waals surface area (Å²) in [6.45, 7) is 7.37. The zero-order valence-electron chi connectivity index (χ0n) is 14.2. The van der Waals surface area contributed by atoms with Gasteiger partial charge in [0, 0.05) is 12.5 Å². The van der Waals surface area contributed by atoms with Crippen molar-refractivity contribution in [3.05, 3.63) is 65.5 Å². The van der Waals surface area contributed by atoms with Crippen LogP contribution in [-0.2, 0) is 6.54 Å². The molecule has 0 saturated carbocycles. The first kappa shape index (κ1) is 16.7. The summed E-state index contributed by atoms with van der Waals surface area (Å²) in [5.41, 5.74) is 3.46. The fourth-order valence-electron chi connectivity index (χ4n) is 2.79. The van der Waals surface area contributed by atoms with E-state index in [9.17, 15) is 4.39 Å². The standard InChI is InChI=1S/C20H26FN/c1-20(2,3)19(12-15-8-6-7-9-15)18-11-10-17(21)13-16(18)14-22(4)5/h6-13,15H,14H2,1-5H3/b19-12-. The fraction of sp³-hybridized carbons (Fsp3) is 0.400. The van der Waals surface area contributed by atoms with E-state index in [4.69, 9.17) is 0 Å². The topological polar surface area (TPSA) is 3.24 Å². The molecule has 1 aromatic rings. The number of hydrogen-bond donors (Lipinski definition) is 0. The molecule has 0 aliphatic heterocycles. The first-order chi connectivity index (χ1) is 10.3. The molecule has 0 radical (unpaired) electrons. The minimum Gasteiger partial charge on any atom is -0.305 e. The maximum absolute atomic E-state index is 13.7. The van der Waals surface area contributed by atoms with Crippen molar-refractivity contribution in [1.82, 2.24) is 4.90 Å². The maximum atomic E-state index is 13.7. The zero-order chi connectivity index (χ0) is 16.3. The Morgan fingerprint density at radius 2 is 1.82 bits per heavy atom. The van der Waals surface area contributed by atoms with Crippen molar-refractivity contribution in [2.24, 2.45) is 11.3 Å². The van der Waals surface area contributed by atoms with E-state index in [-0.39, 0.29) is 11.2 Å². The molecule has 118 valence electrons. The molecule has 0 N–H and O–H groups in total. The lowest BCUT2D eigenvalue weighted by Gasteiger charge is -2.27. The van der Waals surface area contributed by atoms with Crippen molar-refractivity contribution in [3.8, 4) is 0 Å². The van der Waals surface area contributed by atoms with Crippen molar-refractivity contribution in [2.75, 3.05) is 14.1 Å². The summed E-state index contributed by atoms with van der Waals surface area (Å²) in [5.74, 6) is 0.154. The Labute approximate surface area is 133 Å². The molecule has 0 unspecified atom stereocenters. The van der Waals surface area contributed by atoms with Gasteiger partial charge in [-0.25, -0.2) is 4.39 Å². The van der Waals surface area contributed by atoms with E-state index in [1.807, 2.05) is 20.2 Å². The second-order valence-electron chi connectivity index (χ2n) is 7.22. The molecule has 0 bridgehead atoms. The number of benzene rings is 1. The lowest BCUT2D eigenvalue weighted by Crippen LogP contribution is -2.16. The summed E-state index contributed by atoms with van der Waals surface area (Å²) in [7, 11) is 4.02. The number of rotatable bonds is 4. The lowest BCUT2D eigenvalue weighted by molar-refractivity contribution is 0.400. The van der Waals surface area contributed by atoms with Crippen LogP contribution in [0.5, 0.6) is 0 Å². The summed E-state index contributed by atoms with van der Waals surface area (Å²) >= 11 is 0. The van der Waals surface area contributed by atoms with Gasteiger partial charge in [-0.3, -0.25) is 0 Å². The Morgan fingerprint density at radius 3 is 2.36 bits per heavy atom. The Bertz CT molecular complexity index is 603. The predicted molar refractivity (Wildman–Crippen MR) is 93.0 cm³/mol. The van der Waals surface area contributed by atoms with Crippen LogP contribution in [0.2, 0.25) is 0 Å². The Morgan fingerprint density at radius 1 is 1.18 bits per heavy atom. The summed E-state index contributed by atoms with van der Waals surface area (Å²) in [6.07, 6.45) is 10.8. The van der Waals surface area contributed by atoms with Gasteiger partial charge in [-0.2, -0.15) is 0 Å². The van der Waals surface area contributed by atoms with Crippen molar-refractivity contribution in [1.29, 1.82) is 0 Å². The molecule has 0 aromatic heterocycles. The average molecular weight is 299 g/mol. The number of allylic oxidation sites excluding steroid dienone is 6. The minimum absolute atomic E-state index is 0.00314. The summed E-state index contributed by atoms with van der Waals surface area (Å²) in [5, 5.41) is 0. The Balaban J connectivity index is 2.52. The molecule has 0 spiro atoms. The van der Waals surface area contributed by atoms with Gasteiger partial charge in [-0.15, -0.1) is 0 Å². The molecular weight excluding hydrogens is 273 g/mol. The molecule has 1 nitrogen and oxygen atoms in total. The van der Waals surface area contributed by atoms with Gasteiger partial charge in [0.05, 0.1) is 0 Å². The SMILES string of the molecule is CN(C)Cc1cc(F)ccc1/C(=C/C1C=CC=C1)C(C)(C)C. The van der Waals surface area contributed by atoms with Crippen LogP contribution in [0, 0.1) is 17.2 Å². The van der Waals surface area contributed by atoms with Gasteiger partial charge in [0.1, 0.15) is 5.82 Å². The van der Waals surface area contributed by atoms with Crippen molar-refractivity contribution in [3.63, 3.8) is 0 Å². The third kappa shape index (κ3) is 4.17. The van der Waals surface area contributed by atoms with Crippen LogP contribution in [0.15, 0.2) is 48.6 Å². The molecule has 1 aromatic carbocycles. The summed E-state index contributed by atoms with van der Waals surface area (Å²) in [6, 6.07) is 5.15. The highest BCUT2D eigenvalue weighted by molar-refractivity contribution is 5.72. The third-order valence-electron chi connectivity index (χ3n) is 3.79. The van der Waals surface area contributed by atoms with Crippen molar-refractivity contribution < 1.29 is 4.39 Å². The molecule has 1 aliphatic rings. The van der Waals surface area contributed by atoms with Crippen LogP contribution >= 0.6 is 0 Å². The van der Waals surface area contributed by atoms with Crippen LogP contribution in [0.1, 0.15) is 31.9 Å². The van der Waals surface area contributed by atoms with E-state index in [1.165, 1.54) is 5.57 Å². The van der Waals surface area contributed by atoms with Crippen LogP contribution in [0.3, 0.4) is 0 Å². The van der Waals surface area contributed by atoms with Gasteiger partial charge in [0.2, 0.25) is 0 Å². The average Bonchev–Trinajstić information content (AvgIpc) is 2.88. The molecule has 0 saturated heterocycles. The molecule has 1 aliphatic carbocycles. The smallest absolute Gasteiger partial charge is 0.123 e. The summed E-state index contributed by atoms with van der Waals surface area (Å²) < 4.78 is 13.7. The molecule has 2 rings (SSSR count). The van der Waals surface area contributed by atoms with E-state index in [1.54, 1.807) is 12.1 Å². The van der Waals surface area contributed by atoms with Gasteiger partial charge in [-0.1, -0.05) is 57.2 Å². The van der Waals surface area contributed by atoms with Gasteiger partial charge in [-0.05, 0) is 48.3 Å². The molecule has 0 heterocycles. The number of hydrogen-bond acceptors (Lipinski definition) is 1. The first-order valence-electron chi connectivity index (χ1n) is 7.78. The molecule has 22 heavy (non-hydrogen) atoms.